The summed E-state index contributed by atoms with van der Waals surface area (Å²) in [5.41, 5.74) is 1.60. The quantitative estimate of drug-likeness (QED) is 0.861. The molecule has 0 spiro atoms. The maximum atomic E-state index is 12.0. The molecule has 3 rings (SSSR count). The van der Waals surface area contributed by atoms with Crippen LogP contribution in [0.2, 0.25) is 0 Å². The third kappa shape index (κ3) is 1.86. The van der Waals surface area contributed by atoms with Crippen molar-refractivity contribution < 1.29 is 5.11 Å². The van der Waals surface area contributed by atoms with E-state index in [1.807, 2.05) is 24.3 Å². The van der Waals surface area contributed by atoms with Gasteiger partial charge in [-0.3, -0.25) is 14.3 Å². The molecule has 2 N–H and O–H groups in total. The highest BCUT2D eigenvalue weighted by molar-refractivity contribution is 5.34. The number of nitrogens with zero attached hydrogens (tertiary/aromatic N) is 1. The number of aromatic nitrogens is 2. The van der Waals surface area contributed by atoms with E-state index in [9.17, 15) is 14.7 Å². The largest absolute Gasteiger partial charge is 0.494 e. The molecule has 2 aromatic rings. The van der Waals surface area contributed by atoms with Crippen molar-refractivity contribution in [3.05, 3.63) is 61.8 Å². The Hall–Kier alpha value is -2.30. The van der Waals surface area contributed by atoms with Crippen LogP contribution in [0.1, 0.15) is 29.7 Å². The maximum absolute atomic E-state index is 12.0. The molecular weight excluding hydrogens is 256 g/mol. The van der Waals surface area contributed by atoms with Gasteiger partial charge < -0.3 is 5.11 Å². The normalized spacial score (nSPS) is 14.4. The lowest BCUT2D eigenvalue weighted by Crippen LogP contribution is -2.34. The molecule has 1 aliphatic rings. The van der Waals surface area contributed by atoms with Gasteiger partial charge in [-0.25, -0.2) is 4.79 Å². The first-order valence-electron chi connectivity index (χ1n) is 6.75. The molecule has 5 heteroatoms. The molecule has 5 nitrogen and oxygen atoms in total. The van der Waals surface area contributed by atoms with Gasteiger partial charge in [-0.05, 0) is 30.4 Å². The summed E-state index contributed by atoms with van der Waals surface area (Å²) in [5, 5.41) is 10.2. The highest BCUT2D eigenvalue weighted by Gasteiger charge is 2.26. The fraction of sp³-hybridized carbons (Fsp3) is 0.333. The molecule has 0 aliphatic heterocycles. The highest BCUT2D eigenvalue weighted by Crippen LogP contribution is 2.31. The summed E-state index contributed by atoms with van der Waals surface area (Å²) < 4.78 is 1.32. The van der Waals surface area contributed by atoms with E-state index in [1.54, 1.807) is 6.92 Å². The predicted octanol–water partition coefficient (Wildman–Crippen LogP) is 1.14. The molecule has 1 heterocycles. The third-order valence-corrected chi connectivity index (χ3v) is 3.96. The van der Waals surface area contributed by atoms with E-state index in [2.05, 4.69) is 4.98 Å². The monoisotopic (exact) mass is 272 g/mol. The fourth-order valence-corrected chi connectivity index (χ4v) is 2.95. The van der Waals surface area contributed by atoms with Crippen molar-refractivity contribution in [2.75, 3.05) is 0 Å². The second-order valence-electron chi connectivity index (χ2n) is 5.12. The van der Waals surface area contributed by atoms with Crippen LogP contribution in [0.15, 0.2) is 33.9 Å². The number of hydrogen-bond acceptors (Lipinski definition) is 3. The molecule has 104 valence electrons. The SMILES string of the molecule is CCc1c(O)n(C2Cc3ccccc3C2)c(=O)[nH]c1=O. The average Bonchev–Trinajstić information content (AvgIpc) is 2.81. The van der Waals surface area contributed by atoms with Crippen LogP contribution in [0.4, 0.5) is 0 Å². The van der Waals surface area contributed by atoms with Gasteiger partial charge in [0.15, 0.2) is 0 Å². The van der Waals surface area contributed by atoms with Crippen LogP contribution in [0, 0.1) is 0 Å². The number of aromatic amines is 1. The van der Waals surface area contributed by atoms with Crippen molar-refractivity contribution >= 4 is 0 Å². The van der Waals surface area contributed by atoms with Crippen LogP contribution >= 0.6 is 0 Å². The highest BCUT2D eigenvalue weighted by atomic mass is 16.3. The van der Waals surface area contributed by atoms with E-state index >= 15 is 0 Å². The van der Waals surface area contributed by atoms with Crippen LogP contribution in [0.25, 0.3) is 0 Å². The molecule has 20 heavy (non-hydrogen) atoms. The first kappa shape index (κ1) is 12.7. The molecule has 0 saturated heterocycles. The van der Waals surface area contributed by atoms with Crippen molar-refractivity contribution in [1.82, 2.24) is 9.55 Å². The molecule has 0 bridgehead atoms. The van der Waals surface area contributed by atoms with Crippen LogP contribution in [-0.2, 0) is 19.3 Å². The lowest BCUT2D eigenvalue weighted by atomic mass is 10.1. The van der Waals surface area contributed by atoms with Crippen LogP contribution in [-0.4, -0.2) is 14.7 Å². The minimum absolute atomic E-state index is 0.137. The number of fused-ring (bicyclic) bond motifs is 1. The second-order valence-corrected chi connectivity index (χ2v) is 5.12. The van der Waals surface area contributed by atoms with Gasteiger partial charge in [0.1, 0.15) is 0 Å². The van der Waals surface area contributed by atoms with Gasteiger partial charge in [0, 0.05) is 6.04 Å². The summed E-state index contributed by atoms with van der Waals surface area (Å²) in [4.78, 5) is 26.0. The average molecular weight is 272 g/mol. The molecule has 1 aromatic carbocycles. The molecule has 1 aromatic heterocycles. The summed E-state index contributed by atoms with van der Waals surface area (Å²) in [5.74, 6) is -0.195. The molecule has 1 aliphatic carbocycles. The van der Waals surface area contributed by atoms with Crippen LogP contribution < -0.4 is 11.2 Å². The Morgan fingerprint density at radius 3 is 2.40 bits per heavy atom. The van der Waals surface area contributed by atoms with Gasteiger partial charge >= 0.3 is 5.69 Å². The summed E-state index contributed by atoms with van der Waals surface area (Å²) in [6, 6.07) is 7.86. The smallest absolute Gasteiger partial charge is 0.331 e. The zero-order chi connectivity index (χ0) is 14.3. The molecular formula is C15H16N2O3. The second kappa shape index (κ2) is 4.67. The van der Waals surface area contributed by atoms with Crippen molar-refractivity contribution in [2.45, 2.75) is 32.2 Å². The summed E-state index contributed by atoms with van der Waals surface area (Å²) >= 11 is 0. The third-order valence-electron chi connectivity index (χ3n) is 3.96. The number of aromatic hydroxyl groups is 1. The van der Waals surface area contributed by atoms with Crippen LogP contribution in [0.3, 0.4) is 0 Å². The van der Waals surface area contributed by atoms with E-state index in [-0.39, 0.29) is 17.5 Å². The predicted molar refractivity (Wildman–Crippen MR) is 75.3 cm³/mol. The van der Waals surface area contributed by atoms with E-state index in [0.29, 0.717) is 19.3 Å². The first-order valence-corrected chi connectivity index (χ1v) is 6.75. The molecule has 0 atom stereocenters. The van der Waals surface area contributed by atoms with Crippen LogP contribution in [0.5, 0.6) is 5.88 Å². The van der Waals surface area contributed by atoms with Gasteiger partial charge in [-0.15, -0.1) is 0 Å². The molecule has 0 unspecified atom stereocenters. The lowest BCUT2D eigenvalue weighted by Gasteiger charge is -2.16. The van der Waals surface area contributed by atoms with Crippen molar-refractivity contribution in [2.24, 2.45) is 0 Å². The standard InChI is InChI=1S/C15H16N2O3/c1-2-12-13(18)16-15(20)17(14(12)19)11-7-9-5-3-4-6-10(9)8-11/h3-6,11,19H,2,7-8H2,1H3,(H,16,18,20). The first-order chi connectivity index (χ1) is 9.61. The molecule has 0 fully saturated rings. The Bertz CT molecular complexity index is 748. The maximum Gasteiger partial charge on any atom is 0.331 e. The number of hydrogen-bond donors (Lipinski definition) is 2. The van der Waals surface area contributed by atoms with Crippen molar-refractivity contribution in [1.29, 1.82) is 0 Å². The van der Waals surface area contributed by atoms with Crippen molar-refractivity contribution in [3.63, 3.8) is 0 Å². The van der Waals surface area contributed by atoms with E-state index in [1.165, 1.54) is 15.7 Å². The summed E-state index contributed by atoms with van der Waals surface area (Å²) in [7, 11) is 0. The molecule has 0 saturated carbocycles. The van der Waals surface area contributed by atoms with Gasteiger partial charge in [0.25, 0.3) is 5.56 Å². The topological polar surface area (TPSA) is 75.1 Å². The molecule has 0 radical (unpaired) electrons. The number of nitrogens with one attached hydrogen (secondary N) is 1. The number of rotatable bonds is 2. The summed E-state index contributed by atoms with van der Waals surface area (Å²) in [6.07, 6.45) is 1.78. The summed E-state index contributed by atoms with van der Waals surface area (Å²) in [6.45, 7) is 1.78. The van der Waals surface area contributed by atoms with Crippen molar-refractivity contribution in [3.8, 4) is 5.88 Å². The lowest BCUT2D eigenvalue weighted by molar-refractivity contribution is 0.360. The Morgan fingerprint density at radius 1 is 1.25 bits per heavy atom. The Morgan fingerprint density at radius 2 is 1.85 bits per heavy atom. The zero-order valence-electron chi connectivity index (χ0n) is 11.2. The molecule has 0 amide bonds. The number of H-pyrrole nitrogens is 1. The minimum Gasteiger partial charge on any atom is -0.494 e. The Kier molecular flexibility index (Phi) is 2.97. The Labute approximate surface area is 115 Å². The fourth-order valence-electron chi connectivity index (χ4n) is 2.95. The van der Waals surface area contributed by atoms with Gasteiger partial charge in [0.2, 0.25) is 5.88 Å². The Balaban J connectivity index is 2.10. The van der Waals surface area contributed by atoms with Gasteiger partial charge in [-0.1, -0.05) is 31.2 Å². The van der Waals surface area contributed by atoms with Gasteiger partial charge in [0.05, 0.1) is 5.56 Å². The van der Waals surface area contributed by atoms with E-state index < -0.39 is 11.2 Å². The van der Waals surface area contributed by atoms with E-state index in [0.717, 1.165) is 0 Å². The van der Waals surface area contributed by atoms with Gasteiger partial charge in [-0.2, -0.15) is 0 Å². The zero-order valence-corrected chi connectivity index (χ0v) is 11.2. The van der Waals surface area contributed by atoms with E-state index in [4.69, 9.17) is 0 Å². The minimum atomic E-state index is -0.539. The number of benzene rings is 1.